The van der Waals surface area contributed by atoms with Crippen molar-refractivity contribution in [1.82, 2.24) is 15.5 Å². The molecule has 1 aromatic carbocycles. The van der Waals surface area contributed by atoms with Crippen LogP contribution < -0.4 is 16.0 Å². The average Bonchev–Trinajstić information content (AvgIpc) is 3.10. The molecular weight excluding hydrogens is 408 g/mol. The summed E-state index contributed by atoms with van der Waals surface area (Å²) in [5.74, 6) is 0.698. The molecule has 0 radical (unpaired) electrons. The first kappa shape index (κ1) is 23.6. The number of ether oxygens (including phenoxy) is 1. The van der Waals surface area contributed by atoms with E-state index in [2.05, 4.69) is 25.9 Å². The number of aliphatic hydroxyl groups is 1. The lowest BCUT2D eigenvalue weighted by Gasteiger charge is -2.27. The van der Waals surface area contributed by atoms with Gasteiger partial charge in [0.05, 0.1) is 25.3 Å². The van der Waals surface area contributed by atoms with Crippen LogP contribution in [0.25, 0.3) is 6.08 Å². The first-order chi connectivity index (χ1) is 15.7. The molecule has 0 aromatic heterocycles. The quantitative estimate of drug-likeness (QED) is 0.353. The van der Waals surface area contributed by atoms with Gasteiger partial charge in [0.1, 0.15) is 0 Å². The monoisotopic (exact) mass is 440 g/mol. The Labute approximate surface area is 189 Å². The summed E-state index contributed by atoms with van der Waals surface area (Å²) in [5, 5.41) is 18.1. The third-order valence-corrected chi connectivity index (χ3v) is 5.05. The van der Waals surface area contributed by atoms with Crippen LogP contribution in [-0.2, 0) is 9.53 Å². The molecule has 1 fully saturated rings. The zero-order chi connectivity index (χ0) is 22.6. The van der Waals surface area contributed by atoms with Crippen LogP contribution in [0.4, 0.5) is 5.69 Å². The van der Waals surface area contributed by atoms with Crippen LogP contribution in [0.5, 0.6) is 0 Å². The van der Waals surface area contributed by atoms with Gasteiger partial charge in [0.15, 0.2) is 5.84 Å². The largest absolute Gasteiger partial charge is 0.395 e. The molecule has 2 aliphatic heterocycles. The maximum Gasteiger partial charge on any atom is 0.261 e. The number of benzene rings is 1. The third-order valence-electron chi connectivity index (χ3n) is 5.05. The second-order valence-electron chi connectivity index (χ2n) is 7.30. The SMILES string of the molecule is CNc1ccccc1C=CC=C1C(=O)NC(N2CCCOCC2)=NC1=NCCNCCO. The molecule has 172 valence electrons. The summed E-state index contributed by atoms with van der Waals surface area (Å²) in [7, 11) is 1.87. The number of hydrogen-bond donors (Lipinski definition) is 4. The molecule has 0 bridgehead atoms. The van der Waals surface area contributed by atoms with Crippen molar-refractivity contribution < 1.29 is 14.6 Å². The number of allylic oxidation sites excluding steroid dienone is 2. The number of nitrogens with zero attached hydrogens (tertiary/aromatic N) is 3. The van der Waals surface area contributed by atoms with Crippen LogP contribution in [0.15, 0.2) is 52.0 Å². The van der Waals surface area contributed by atoms with Gasteiger partial charge >= 0.3 is 0 Å². The number of anilines is 1. The predicted octanol–water partition coefficient (Wildman–Crippen LogP) is 0.856. The summed E-state index contributed by atoms with van der Waals surface area (Å²) in [6, 6.07) is 7.93. The standard InChI is InChI=1S/C23H32N6O3/c1-24-20-9-3-2-6-18(20)7-4-8-19-21(26-11-10-25-12-15-30)27-23(28-22(19)31)29-13-5-16-32-17-14-29/h2-4,6-9,24-25,30H,5,10-17H2,1H3,(H,26,27,28,31). The summed E-state index contributed by atoms with van der Waals surface area (Å²) < 4.78 is 5.51. The van der Waals surface area contributed by atoms with Crippen molar-refractivity contribution in [3.63, 3.8) is 0 Å². The third kappa shape index (κ3) is 6.74. The maximum absolute atomic E-state index is 13.0. The Balaban J connectivity index is 1.83. The number of guanidine groups is 1. The first-order valence-corrected chi connectivity index (χ1v) is 11.0. The van der Waals surface area contributed by atoms with Crippen LogP contribution in [-0.4, -0.2) is 87.3 Å². The van der Waals surface area contributed by atoms with Crippen molar-refractivity contribution in [2.24, 2.45) is 9.98 Å². The molecule has 1 amide bonds. The number of amides is 1. The van der Waals surface area contributed by atoms with Gasteiger partial charge in [-0.05, 0) is 24.1 Å². The van der Waals surface area contributed by atoms with Crippen molar-refractivity contribution in [2.75, 3.05) is 64.9 Å². The summed E-state index contributed by atoms with van der Waals surface area (Å²) in [6.45, 7) is 4.36. The number of nitrogens with one attached hydrogen (secondary N) is 3. The van der Waals surface area contributed by atoms with Crippen molar-refractivity contribution in [2.45, 2.75) is 6.42 Å². The van der Waals surface area contributed by atoms with Crippen molar-refractivity contribution in [3.05, 3.63) is 47.6 Å². The predicted molar refractivity (Wildman–Crippen MR) is 128 cm³/mol. The average molecular weight is 441 g/mol. The molecule has 32 heavy (non-hydrogen) atoms. The van der Waals surface area contributed by atoms with E-state index >= 15 is 0 Å². The minimum absolute atomic E-state index is 0.0718. The Morgan fingerprint density at radius 1 is 1.28 bits per heavy atom. The summed E-state index contributed by atoms with van der Waals surface area (Å²) in [6.07, 6.45) is 6.40. The first-order valence-electron chi connectivity index (χ1n) is 11.0. The topological polar surface area (TPSA) is 111 Å². The fourth-order valence-corrected chi connectivity index (χ4v) is 3.40. The summed E-state index contributed by atoms with van der Waals surface area (Å²) in [5.41, 5.74) is 2.44. The van der Waals surface area contributed by atoms with Gasteiger partial charge in [-0.25, -0.2) is 0 Å². The number of carbonyl (C=O) groups excluding carboxylic acids is 1. The molecule has 2 heterocycles. The van der Waals surface area contributed by atoms with E-state index < -0.39 is 0 Å². The lowest BCUT2D eigenvalue weighted by atomic mass is 10.1. The zero-order valence-electron chi connectivity index (χ0n) is 18.5. The molecule has 9 nitrogen and oxygen atoms in total. The molecule has 0 atom stereocenters. The van der Waals surface area contributed by atoms with Gasteiger partial charge < -0.3 is 25.4 Å². The van der Waals surface area contributed by atoms with Crippen LogP contribution in [0.3, 0.4) is 0 Å². The molecule has 0 unspecified atom stereocenters. The number of para-hydroxylation sites is 1. The molecule has 2 aliphatic rings. The van der Waals surface area contributed by atoms with Gasteiger partial charge in [0.25, 0.3) is 5.91 Å². The number of aliphatic imine (C=N–C) groups is 2. The summed E-state index contributed by atoms with van der Waals surface area (Å²) in [4.78, 5) is 24.2. The number of amidine groups is 1. The molecule has 1 saturated heterocycles. The van der Waals surface area contributed by atoms with Crippen molar-refractivity contribution in [1.29, 1.82) is 0 Å². The normalized spacial score (nSPS) is 19.9. The number of carbonyl (C=O) groups is 1. The number of rotatable bonds is 8. The minimum atomic E-state index is -0.228. The number of hydrogen-bond acceptors (Lipinski definition) is 7. The lowest BCUT2D eigenvalue weighted by Crippen LogP contribution is -2.49. The van der Waals surface area contributed by atoms with Crippen LogP contribution in [0, 0.1) is 0 Å². The highest BCUT2D eigenvalue weighted by atomic mass is 16.5. The Morgan fingerprint density at radius 2 is 2.16 bits per heavy atom. The zero-order valence-corrected chi connectivity index (χ0v) is 18.5. The van der Waals surface area contributed by atoms with Crippen molar-refractivity contribution >= 4 is 29.5 Å². The van der Waals surface area contributed by atoms with Gasteiger partial charge in [-0.3, -0.25) is 15.1 Å². The second kappa shape index (κ2) is 12.7. The van der Waals surface area contributed by atoms with E-state index in [1.165, 1.54) is 0 Å². The van der Waals surface area contributed by atoms with E-state index in [9.17, 15) is 4.79 Å². The smallest absolute Gasteiger partial charge is 0.261 e. The highest BCUT2D eigenvalue weighted by Crippen LogP contribution is 2.17. The summed E-state index contributed by atoms with van der Waals surface area (Å²) >= 11 is 0. The Kier molecular flexibility index (Phi) is 9.42. The molecule has 0 saturated carbocycles. The second-order valence-corrected chi connectivity index (χ2v) is 7.30. The Morgan fingerprint density at radius 3 is 3.00 bits per heavy atom. The van der Waals surface area contributed by atoms with Gasteiger partial charge in [0, 0.05) is 45.5 Å². The highest BCUT2D eigenvalue weighted by Gasteiger charge is 2.26. The van der Waals surface area contributed by atoms with E-state index in [0.717, 1.165) is 24.2 Å². The minimum Gasteiger partial charge on any atom is -0.395 e. The van der Waals surface area contributed by atoms with E-state index in [0.29, 0.717) is 56.8 Å². The Bertz CT molecular complexity index is 885. The van der Waals surface area contributed by atoms with E-state index in [1.54, 1.807) is 6.08 Å². The molecule has 1 aromatic rings. The molecule has 3 rings (SSSR count). The van der Waals surface area contributed by atoms with E-state index in [-0.39, 0.29) is 12.5 Å². The molecule has 0 spiro atoms. The number of aliphatic hydroxyl groups excluding tert-OH is 1. The molecular formula is C23H32N6O3. The maximum atomic E-state index is 13.0. The van der Waals surface area contributed by atoms with Crippen LogP contribution >= 0.6 is 0 Å². The molecule has 4 N–H and O–H groups in total. The van der Waals surface area contributed by atoms with Crippen LogP contribution in [0.1, 0.15) is 12.0 Å². The Hall–Kier alpha value is -3.01. The van der Waals surface area contributed by atoms with Gasteiger partial charge in [0.2, 0.25) is 5.96 Å². The van der Waals surface area contributed by atoms with E-state index in [1.807, 2.05) is 48.4 Å². The van der Waals surface area contributed by atoms with Gasteiger partial charge in [-0.15, -0.1) is 0 Å². The molecule has 9 heteroatoms. The van der Waals surface area contributed by atoms with Crippen molar-refractivity contribution in [3.8, 4) is 0 Å². The van der Waals surface area contributed by atoms with Gasteiger partial charge in [-0.1, -0.05) is 30.4 Å². The fraction of sp³-hybridized carbons (Fsp3) is 0.435. The molecule has 0 aliphatic carbocycles. The fourth-order valence-electron chi connectivity index (χ4n) is 3.40. The van der Waals surface area contributed by atoms with Gasteiger partial charge in [-0.2, -0.15) is 4.99 Å². The van der Waals surface area contributed by atoms with E-state index in [4.69, 9.17) is 9.84 Å². The lowest BCUT2D eigenvalue weighted by molar-refractivity contribution is -0.115. The highest BCUT2D eigenvalue weighted by molar-refractivity contribution is 6.29. The van der Waals surface area contributed by atoms with Crippen LogP contribution in [0.2, 0.25) is 0 Å².